The molecule has 0 radical (unpaired) electrons. The Balaban J connectivity index is 1.57. The minimum atomic E-state index is -4.84. The van der Waals surface area contributed by atoms with Crippen LogP contribution in [0.1, 0.15) is 38.8 Å². The van der Waals surface area contributed by atoms with E-state index in [1.165, 1.54) is 31.4 Å². The molecule has 21 heteroatoms. The zero-order valence-electron chi connectivity index (χ0n) is 26.3. The molecule has 1 unspecified atom stereocenters. The van der Waals surface area contributed by atoms with Crippen molar-refractivity contribution in [1.29, 1.82) is 0 Å². The number of phosphoric ester groups is 1. The maximum Gasteiger partial charge on any atom is 0.469 e. The average molecular weight is 744 g/mol. The van der Waals surface area contributed by atoms with E-state index in [2.05, 4.69) is 25.2 Å². The molecule has 1 atom stereocenters. The van der Waals surface area contributed by atoms with Crippen LogP contribution in [0.15, 0.2) is 65.7 Å². The number of aliphatic imine (C=N–C) groups is 1. The molecule has 4 rings (SSSR count). The molecule has 51 heavy (non-hydrogen) atoms. The first-order valence-electron chi connectivity index (χ1n) is 14.3. The van der Waals surface area contributed by atoms with Crippen molar-refractivity contribution in [3.63, 3.8) is 0 Å². The molecule has 4 N–H and O–H groups in total. The van der Waals surface area contributed by atoms with Gasteiger partial charge in [0, 0.05) is 18.1 Å². The summed E-state index contributed by atoms with van der Waals surface area (Å²) in [6.45, 7) is 0.142. The number of methoxy groups -OCH3 is 1. The van der Waals surface area contributed by atoms with Gasteiger partial charge in [0.25, 0.3) is 5.91 Å². The van der Waals surface area contributed by atoms with Gasteiger partial charge in [-0.3, -0.25) is 14.6 Å². The lowest BCUT2D eigenvalue weighted by molar-refractivity contribution is -0.137. The van der Waals surface area contributed by atoms with Gasteiger partial charge < -0.3 is 29.3 Å². The molecular weight excluding hydrogens is 716 g/mol. The number of esters is 1. The summed E-state index contributed by atoms with van der Waals surface area (Å²) in [5.74, 6) is -5.13. The van der Waals surface area contributed by atoms with Crippen LogP contribution in [-0.4, -0.2) is 70.0 Å². The largest absolute Gasteiger partial charge is 0.469 e. The molecule has 0 spiro atoms. The lowest BCUT2D eigenvalue weighted by Crippen LogP contribution is -2.37. The molecule has 4 aromatic rings. The van der Waals surface area contributed by atoms with E-state index in [0.29, 0.717) is 28.4 Å². The number of nitrogens with one attached hydrogen (secondary N) is 2. The summed E-state index contributed by atoms with van der Waals surface area (Å²) in [6.07, 6.45) is -6.23. The Morgan fingerprint density at radius 2 is 1.67 bits per heavy atom. The van der Waals surface area contributed by atoms with Gasteiger partial charge in [0.05, 0.1) is 35.9 Å². The number of ether oxygens (including phenoxy) is 3. The second-order valence-corrected chi connectivity index (χ2v) is 11.6. The van der Waals surface area contributed by atoms with Gasteiger partial charge in [-0.2, -0.15) is 17.9 Å². The minimum Gasteiger partial charge on any atom is -0.424 e. The Hall–Kier alpha value is -5.27. The number of aromatic nitrogens is 2. The molecule has 0 saturated carbocycles. The van der Waals surface area contributed by atoms with Gasteiger partial charge in [-0.25, -0.2) is 27.9 Å². The van der Waals surface area contributed by atoms with Crippen LogP contribution in [0.3, 0.4) is 0 Å². The lowest BCUT2D eigenvalue weighted by atomic mass is 10.1. The van der Waals surface area contributed by atoms with Crippen molar-refractivity contribution in [2.45, 2.75) is 25.7 Å². The molecule has 0 aliphatic heterocycles. The molecule has 0 saturated heterocycles. The van der Waals surface area contributed by atoms with Crippen molar-refractivity contribution >= 4 is 48.5 Å². The van der Waals surface area contributed by atoms with E-state index < -0.39 is 74.1 Å². The molecule has 3 aromatic carbocycles. The Morgan fingerprint density at radius 3 is 2.29 bits per heavy atom. The predicted octanol–water partition coefficient (Wildman–Crippen LogP) is 4.97. The summed E-state index contributed by atoms with van der Waals surface area (Å²) in [5.41, 5.74) is -1.65. The SMILES string of the molecule is COCC(C)N=C(NC(=O)c1ccc(F)c(F)c1)Nc1nn(C(=O)OCOC(=O)c2ccc(COP(=O)(O)O)cc2)c2cc(C(F)(F)F)ccc12. The first-order chi connectivity index (χ1) is 23.9. The number of hydrogen-bond donors (Lipinski definition) is 4. The third-order valence-corrected chi connectivity index (χ3v) is 7.02. The zero-order valence-corrected chi connectivity index (χ0v) is 27.2. The average Bonchev–Trinajstić information content (AvgIpc) is 3.42. The van der Waals surface area contributed by atoms with Crippen molar-refractivity contribution in [2.24, 2.45) is 4.99 Å². The maximum absolute atomic E-state index is 13.8. The van der Waals surface area contributed by atoms with Crippen LogP contribution in [0.2, 0.25) is 0 Å². The number of carbonyl (C=O) groups is 3. The van der Waals surface area contributed by atoms with Crippen LogP contribution in [0.25, 0.3) is 10.9 Å². The van der Waals surface area contributed by atoms with Crippen molar-refractivity contribution in [2.75, 3.05) is 25.8 Å². The highest BCUT2D eigenvalue weighted by molar-refractivity contribution is 7.46. The standard InChI is InChI=1S/C30H27F5N5O10P/c1-16(13-47-2)36-28(38-26(41)19-7-10-22(31)23(32)11-19)37-25-21-9-8-20(30(33,34)35)12-24(21)40(39-25)29(43)49-15-48-27(42)18-5-3-17(4-6-18)14-50-51(44,45)46/h3-12,16H,13-15H2,1-2H3,(H2,44,45,46)(H2,36,37,38,39,41). The van der Waals surface area contributed by atoms with Crippen LogP contribution in [0.4, 0.5) is 32.6 Å². The van der Waals surface area contributed by atoms with E-state index in [4.69, 9.17) is 24.0 Å². The fourth-order valence-electron chi connectivity index (χ4n) is 4.22. The van der Waals surface area contributed by atoms with E-state index >= 15 is 0 Å². The van der Waals surface area contributed by atoms with E-state index in [9.17, 15) is 40.9 Å². The zero-order chi connectivity index (χ0) is 37.5. The number of hydrogen-bond acceptors (Lipinski definition) is 10. The summed E-state index contributed by atoms with van der Waals surface area (Å²) in [5, 5.41) is 8.88. The number of amides is 1. The first-order valence-corrected chi connectivity index (χ1v) is 15.8. The van der Waals surface area contributed by atoms with Crippen LogP contribution >= 0.6 is 7.82 Å². The summed E-state index contributed by atoms with van der Waals surface area (Å²) in [4.78, 5) is 60.2. The Bertz CT molecular complexity index is 2000. The molecule has 15 nitrogen and oxygen atoms in total. The quantitative estimate of drug-likeness (QED) is 0.0402. The van der Waals surface area contributed by atoms with E-state index in [0.717, 1.165) is 18.2 Å². The first kappa shape index (κ1) is 38.5. The monoisotopic (exact) mass is 743 g/mol. The number of alkyl halides is 3. The molecule has 1 aromatic heterocycles. The highest BCUT2D eigenvalue weighted by atomic mass is 31.2. The number of rotatable bonds is 11. The molecule has 272 valence electrons. The van der Waals surface area contributed by atoms with Crippen molar-refractivity contribution in [1.82, 2.24) is 15.1 Å². The molecule has 1 amide bonds. The van der Waals surface area contributed by atoms with Gasteiger partial charge >= 0.3 is 26.1 Å². The summed E-state index contributed by atoms with van der Waals surface area (Å²) in [7, 11) is -3.35. The fourth-order valence-corrected chi connectivity index (χ4v) is 4.54. The molecule has 0 bridgehead atoms. The third kappa shape index (κ3) is 10.6. The van der Waals surface area contributed by atoms with E-state index in [1.807, 2.05) is 0 Å². The second kappa shape index (κ2) is 16.2. The Morgan fingerprint density at radius 1 is 0.980 bits per heavy atom. The second-order valence-electron chi connectivity index (χ2n) is 10.4. The van der Waals surface area contributed by atoms with E-state index in [-0.39, 0.29) is 34.9 Å². The maximum atomic E-state index is 13.8. The molecule has 0 aliphatic rings. The number of phosphoric acid groups is 1. The van der Waals surface area contributed by atoms with Crippen molar-refractivity contribution in [3.8, 4) is 0 Å². The third-order valence-electron chi connectivity index (χ3n) is 6.55. The Kier molecular flexibility index (Phi) is 12.2. The normalized spacial score (nSPS) is 12.8. The van der Waals surface area contributed by atoms with Crippen LogP contribution in [-0.2, 0) is 36.1 Å². The lowest BCUT2D eigenvalue weighted by Gasteiger charge is -2.13. The van der Waals surface area contributed by atoms with E-state index in [1.54, 1.807) is 6.92 Å². The van der Waals surface area contributed by atoms with Gasteiger partial charge in [0.2, 0.25) is 12.8 Å². The van der Waals surface area contributed by atoms with Gasteiger partial charge in [-0.1, -0.05) is 12.1 Å². The number of guanidine groups is 1. The van der Waals surface area contributed by atoms with Gasteiger partial charge in [0.15, 0.2) is 17.5 Å². The van der Waals surface area contributed by atoms with Gasteiger partial charge in [-0.05, 0) is 61.0 Å². The van der Waals surface area contributed by atoms with Crippen molar-refractivity contribution in [3.05, 3.63) is 94.6 Å². The van der Waals surface area contributed by atoms with Crippen LogP contribution in [0, 0.1) is 11.6 Å². The Labute approximate surface area is 284 Å². The number of fused-ring (bicyclic) bond motifs is 1. The fraction of sp³-hybridized carbons (Fsp3) is 0.233. The van der Waals surface area contributed by atoms with Gasteiger partial charge in [0.1, 0.15) is 0 Å². The molecule has 0 fully saturated rings. The smallest absolute Gasteiger partial charge is 0.424 e. The van der Waals surface area contributed by atoms with Crippen LogP contribution in [0.5, 0.6) is 0 Å². The summed E-state index contributed by atoms with van der Waals surface area (Å²) >= 11 is 0. The number of nitrogens with zero attached hydrogens (tertiary/aromatic N) is 3. The highest BCUT2D eigenvalue weighted by Crippen LogP contribution is 2.37. The number of carbonyl (C=O) groups excluding carboxylic acids is 3. The summed E-state index contributed by atoms with van der Waals surface area (Å²) in [6, 6.07) is 9.10. The number of anilines is 1. The number of halogens is 5. The molecular formula is C30H27F5N5O10P. The van der Waals surface area contributed by atoms with Crippen LogP contribution < -0.4 is 10.6 Å². The van der Waals surface area contributed by atoms with Gasteiger partial charge in [-0.15, -0.1) is 5.10 Å². The van der Waals surface area contributed by atoms with Crippen molar-refractivity contribution < 1.29 is 69.4 Å². The minimum absolute atomic E-state index is 0.0383. The predicted molar refractivity (Wildman–Crippen MR) is 166 cm³/mol. The topological polar surface area (TPSA) is 200 Å². The molecule has 1 heterocycles. The molecule has 0 aliphatic carbocycles. The summed E-state index contributed by atoms with van der Waals surface area (Å²) < 4.78 is 98.6. The highest BCUT2D eigenvalue weighted by Gasteiger charge is 2.32. The number of benzene rings is 3.